The fourth-order valence-electron chi connectivity index (χ4n) is 8.10. The van der Waals surface area contributed by atoms with E-state index in [4.69, 9.17) is 0 Å². The summed E-state index contributed by atoms with van der Waals surface area (Å²) < 4.78 is 15.7. The normalized spacial score (nSPS) is 45.5. The molecule has 2 spiro atoms. The summed E-state index contributed by atoms with van der Waals surface area (Å²) in [6, 6.07) is 0. The van der Waals surface area contributed by atoms with Crippen molar-refractivity contribution >= 4 is 5.78 Å². The highest BCUT2D eigenvalue weighted by molar-refractivity contribution is 5.98. The first kappa shape index (κ1) is 21.8. The SMILES string of the molecule is CCCCC1CCC(C2CC[C@]3(CC2)C(=O)[C@@]2(CCC(CCC)CC2)[C@H]3F)CC1. The van der Waals surface area contributed by atoms with Gasteiger partial charge in [-0.2, -0.15) is 0 Å². The van der Waals surface area contributed by atoms with Gasteiger partial charge in [0.15, 0.2) is 5.78 Å². The number of rotatable bonds is 6. The van der Waals surface area contributed by atoms with E-state index in [1.54, 1.807) is 0 Å². The molecule has 0 bridgehead atoms. The molecule has 0 aliphatic heterocycles. The number of carbonyl (C=O) groups is 1. The van der Waals surface area contributed by atoms with Gasteiger partial charge in [0.1, 0.15) is 6.17 Å². The van der Waals surface area contributed by atoms with E-state index in [2.05, 4.69) is 13.8 Å². The van der Waals surface area contributed by atoms with Crippen molar-refractivity contribution in [1.29, 1.82) is 0 Å². The molecule has 4 aliphatic carbocycles. The number of ketones is 1. The van der Waals surface area contributed by atoms with Crippen molar-refractivity contribution in [3.8, 4) is 0 Å². The van der Waals surface area contributed by atoms with Crippen molar-refractivity contribution in [3.05, 3.63) is 0 Å². The van der Waals surface area contributed by atoms with Gasteiger partial charge in [-0.15, -0.1) is 0 Å². The quantitative estimate of drug-likeness (QED) is 0.437. The second-order valence-corrected chi connectivity index (χ2v) is 11.5. The fraction of sp³-hybridized carbons (Fsp3) is 0.963. The third-order valence-electron chi connectivity index (χ3n) is 10.0. The lowest BCUT2D eigenvalue weighted by molar-refractivity contribution is -0.194. The van der Waals surface area contributed by atoms with Crippen molar-refractivity contribution in [3.63, 3.8) is 0 Å². The summed E-state index contributed by atoms with van der Waals surface area (Å²) in [5.41, 5.74) is -1.12. The Morgan fingerprint density at radius 2 is 1.24 bits per heavy atom. The Morgan fingerprint density at radius 1 is 0.724 bits per heavy atom. The van der Waals surface area contributed by atoms with E-state index in [1.165, 1.54) is 57.8 Å². The highest BCUT2D eigenvalue weighted by Crippen LogP contribution is 2.66. The summed E-state index contributed by atoms with van der Waals surface area (Å²) in [6.45, 7) is 4.53. The predicted octanol–water partition coefficient (Wildman–Crippen LogP) is 8.06. The van der Waals surface area contributed by atoms with Crippen LogP contribution >= 0.6 is 0 Å². The number of halogens is 1. The molecule has 166 valence electrons. The van der Waals surface area contributed by atoms with Gasteiger partial charge in [-0.05, 0) is 87.9 Å². The third-order valence-corrected chi connectivity index (χ3v) is 10.0. The molecule has 2 heteroatoms. The summed E-state index contributed by atoms with van der Waals surface area (Å²) in [7, 11) is 0. The Balaban J connectivity index is 1.27. The summed E-state index contributed by atoms with van der Waals surface area (Å²) >= 11 is 0. The van der Waals surface area contributed by atoms with E-state index >= 15 is 4.39 Å². The molecule has 0 aromatic rings. The summed E-state index contributed by atoms with van der Waals surface area (Å²) in [5, 5.41) is 0. The Kier molecular flexibility index (Phi) is 6.77. The summed E-state index contributed by atoms with van der Waals surface area (Å²) in [4.78, 5) is 13.4. The smallest absolute Gasteiger partial charge is 0.151 e. The molecule has 0 unspecified atom stereocenters. The van der Waals surface area contributed by atoms with Gasteiger partial charge in [0.05, 0.1) is 10.8 Å². The van der Waals surface area contributed by atoms with Crippen molar-refractivity contribution in [2.45, 2.75) is 129 Å². The zero-order valence-electron chi connectivity index (χ0n) is 19.2. The van der Waals surface area contributed by atoms with Crippen LogP contribution < -0.4 is 0 Å². The number of unbranched alkanes of at least 4 members (excludes halogenated alkanes) is 1. The van der Waals surface area contributed by atoms with Gasteiger partial charge in [0.2, 0.25) is 0 Å². The molecule has 0 radical (unpaired) electrons. The van der Waals surface area contributed by atoms with Crippen LogP contribution in [0, 0.1) is 34.5 Å². The molecule has 29 heavy (non-hydrogen) atoms. The first-order valence-electron chi connectivity index (χ1n) is 13.2. The van der Waals surface area contributed by atoms with Crippen LogP contribution in [0.25, 0.3) is 0 Å². The van der Waals surface area contributed by atoms with Crippen molar-refractivity contribution in [2.75, 3.05) is 0 Å². The predicted molar refractivity (Wildman–Crippen MR) is 119 cm³/mol. The number of Topliss-reactive ketones (excluding diaryl/α,β-unsaturated/α-hetero) is 1. The molecule has 1 nitrogen and oxygen atoms in total. The maximum Gasteiger partial charge on any atom is 0.151 e. The topological polar surface area (TPSA) is 17.1 Å². The molecule has 0 heterocycles. The second-order valence-electron chi connectivity index (χ2n) is 11.5. The number of hydrogen-bond donors (Lipinski definition) is 0. The standard InChI is InChI=1S/C27H45FO/c1-3-5-7-21-8-10-22(11-9-21)23-14-18-27(19-15-23)24(28)26(25(27)29)16-12-20(6-4-2)13-17-26/h20-24H,3-19H2,1-2H3/t20?,21?,22?,23?,24-,26-,27-/m1/s1. The van der Waals surface area contributed by atoms with Crippen molar-refractivity contribution in [1.82, 2.24) is 0 Å². The minimum absolute atomic E-state index is 0.356. The highest BCUT2D eigenvalue weighted by atomic mass is 19.1. The van der Waals surface area contributed by atoms with Crippen LogP contribution in [0.15, 0.2) is 0 Å². The van der Waals surface area contributed by atoms with Crippen molar-refractivity contribution in [2.24, 2.45) is 34.5 Å². The first-order valence-corrected chi connectivity index (χ1v) is 13.2. The van der Waals surface area contributed by atoms with Crippen LogP contribution in [0.3, 0.4) is 0 Å². The Labute approximate surface area is 179 Å². The largest absolute Gasteiger partial charge is 0.298 e. The molecule has 4 aliphatic rings. The van der Waals surface area contributed by atoms with Gasteiger partial charge >= 0.3 is 0 Å². The lowest BCUT2D eigenvalue weighted by atomic mass is 9.41. The van der Waals surface area contributed by atoms with E-state index in [0.29, 0.717) is 5.78 Å². The molecule has 0 saturated heterocycles. The third kappa shape index (κ3) is 3.84. The molecule has 0 N–H and O–H groups in total. The van der Waals surface area contributed by atoms with Crippen LogP contribution in [0.1, 0.15) is 123 Å². The van der Waals surface area contributed by atoms with E-state index in [-0.39, 0.29) is 0 Å². The molecule has 0 aromatic carbocycles. The summed E-state index contributed by atoms with van der Waals surface area (Å²) in [6.07, 6.45) is 19.2. The molecule has 4 fully saturated rings. The van der Waals surface area contributed by atoms with E-state index < -0.39 is 17.0 Å². The summed E-state index contributed by atoms with van der Waals surface area (Å²) in [5.74, 6) is 3.69. The zero-order valence-corrected chi connectivity index (χ0v) is 19.2. The molecule has 0 aromatic heterocycles. The van der Waals surface area contributed by atoms with Crippen molar-refractivity contribution < 1.29 is 9.18 Å². The van der Waals surface area contributed by atoms with Crippen LogP contribution in [-0.4, -0.2) is 12.0 Å². The monoisotopic (exact) mass is 404 g/mol. The average Bonchev–Trinajstić information content (AvgIpc) is 2.78. The maximum absolute atomic E-state index is 15.7. The maximum atomic E-state index is 15.7. The number of alkyl halides is 1. The molecular formula is C27H45FO. The van der Waals surface area contributed by atoms with Crippen LogP contribution in [0.5, 0.6) is 0 Å². The van der Waals surface area contributed by atoms with Crippen LogP contribution in [0.4, 0.5) is 4.39 Å². The van der Waals surface area contributed by atoms with Gasteiger partial charge < -0.3 is 0 Å². The van der Waals surface area contributed by atoms with Crippen LogP contribution in [-0.2, 0) is 4.79 Å². The fourth-order valence-corrected chi connectivity index (χ4v) is 8.10. The lowest BCUT2D eigenvalue weighted by Gasteiger charge is -2.61. The minimum atomic E-state index is -0.837. The molecule has 4 rings (SSSR count). The van der Waals surface area contributed by atoms with E-state index in [0.717, 1.165) is 75.0 Å². The highest BCUT2D eigenvalue weighted by Gasteiger charge is 2.71. The number of hydrogen-bond acceptors (Lipinski definition) is 1. The Hall–Kier alpha value is -0.400. The van der Waals surface area contributed by atoms with Gasteiger partial charge in [0.25, 0.3) is 0 Å². The lowest BCUT2D eigenvalue weighted by Crippen LogP contribution is -2.69. The van der Waals surface area contributed by atoms with E-state index in [1.807, 2.05) is 0 Å². The van der Waals surface area contributed by atoms with E-state index in [9.17, 15) is 4.79 Å². The number of carbonyl (C=O) groups excluding carboxylic acids is 1. The Bertz CT molecular complexity index is 545. The molecule has 4 saturated carbocycles. The van der Waals surface area contributed by atoms with Gasteiger partial charge in [-0.3, -0.25) is 4.79 Å². The second kappa shape index (κ2) is 8.99. The average molecular weight is 405 g/mol. The molecule has 0 amide bonds. The zero-order chi connectivity index (χ0) is 20.5. The molecule has 1 atom stereocenters. The first-order chi connectivity index (χ1) is 14.1. The Morgan fingerprint density at radius 3 is 1.76 bits per heavy atom. The van der Waals surface area contributed by atoms with Gasteiger partial charge in [-0.1, -0.05) is 58.8 Å². The van der Waals surface area contributed by atoms with Crippen LogP contribution in [0.2, 0.25) is 0 Å². The molecular weight excluding hydrogens is 359 g/mol. The van der Waals surface area contributed by atoms with Gasteiger partial charge in [-0.25, -0.2) is 4.39 Å². The minimum Gasteiger partial charge on any atom is -0.298 e. The van der Waals surface area contributed by atoms with Gasteiger partial charge in [0, 0.05) is 0 Å².